The first kappa shape index (κ1) is 18.3. The number of esters is 1. The number of carbonyl (C=O) groups excluding carboxylic acids is 1. The van der Waals surface area contributed by atoms with E-state index < -0.39 is 0 Å². The van der Waals surface area contributed by atoms with Crippen LogP contribution in [0.2, 0.25) is 0 Å². The fraction of sp³-hybridized carbons (Fsp3) is 0.579. The number of ether oxygens (including phenoxy) is 1. The van der Waals surface area contributed by atoms with Crippen LogP contribution in [0.1, 0.15) is 38.2 Å². The van der Waals surface area contributed by atoms with E-state index in [9.17, 15) is 4.79 Å². The molecule has 2 aliphatic rings. The molecule has 5 nitrogen and oxygen atoms in total. The molecule has 1 fully saturated rings. The molecule has 1 aromatic rings. The Morgan fingerprint density at radius 1 is 1.28 bits per heavy atom. The fourth-order valence-corrected chi connectivity index (χ4v) is 4.19. The summed E-state index contributed by atoms with van der Waals surface area (Å²) in [5, 5.41) is 0.908. The van der Waals surface area contributed by atoms with Crippen LogP contribution in [0.4, 0.5) is 5.69 Å². The molecule has 1 heterocycles. The zero-order chi connectivity index (χ0) is 17.6. The lowest BCUT2D eigenvalue weighted by molar-refractivity contribution is -0.139. The number of rotatable bonds is 5. The average Bonchev–Trinajstić information content (AvgIpc) is 3.15. The number of nitrogens with zero attached hydrogens (tertiary/aromatic N) is 3. The zero-order valence-corrected chi connectivity index (χ0v) is 15.9. The molecular formula is C19H27N3O2S. The molecule has 0 aromatic heterocycles. The van der Waals surface area contributed by atoms with Gasteiger partial charge in [-0.25, -0.2) is 4.99 Å². The molecule has 3 rings (SSSR count). The molecule has 0 radical (unpaired) electrons. The number of thioether (sulfide) groups is 1. The van der Waals surface area contributed by atoms with Gasteiger partial charge in [-0.05, 0) is 38.8 Å². The van der Waals surface area contributed by atoms with Gasteiger partial charge in [-0.3, -0.25) is 9.69 Å². The predicted octanol–water partition coefficient (Wildman–Crippen LogP) is 3.63. The zero-order valence-electron chi connectivity index (χ0n) is 15.1. The van der Waals surface area contributed by atoms with Crippen LogP contribution in [-0.2, 0) is 9.53 Å². The lowest BCUT2D eigenvalue weighted by atomic mass is 10.2. The first-order valence-electron chi connectivity index (χ1n) is 9.08. The molecule has 1 saturated carbocycles. The minimum atomic E-state index is -0.183. The Bertz CT molecular complexity index is 612. The van der Waals surface area contributed by atoms with Crippen molar-refractivity contribution in [3.63, 3.8) is 0 Å². The maximum atomic E-state index is 11.7. The van der Waals surface area contributed by atoms with E-state index in [4.69, 9.17) is 9.73 Å². The molecule has 0 amide bonds. The minimum Gasteiger partial charge on any atom is -0.465 e. The molecule has 0 unspecified atom stereocenters. The molecule has 0 N–H and O–H groups in total. The highest BCUT2D eigenvalue weighted by Gasteiger charge is 2.29. The van der Waals surface area contributed by atoms with Crippen molar-refractivity contribution in [1.29, 1.82) is 0 Å². The number of aryl methyl sites for hydroxylation is 1. The van der Waals surface area contributed by atoms with Crippen LogP contribution in [0.15, 0.2) is 29.3 Å². The van der Waals surface area contributed by atoms with E-state index in [2.05, 4.69) is 41.0 Å². The van der Waals surface area contributed by atoms with Gasteiger partial charge in [0, 0.05) is 11.7 Å². The van der Waals surface area contributed by atoms with Crippen LogP contribution < -0.4 is 4.90 Å². The third kappa shape index (κ3) is 4.76. The fourth-order valence-electron chi connectivity index (χ4n) is 3.39. The highest BCUT2D eigenvalue weighted by atomic mass is 32.2. The third-order valence-corrected chi connectivity index (χ3v) is 5.74. The van der Waals surface area contributed by atoms with E-state index in [0.29, 0.717) is 18.4 Å². The van der Waals surface area contributed by atoms with Crippen LogP contribution in [-0.4, -0.2) is 47.8 Å². The Morgan fingerprint density at radius 2 is 2.00 bits per heavy atom. The number of aliphatic imine (C=N–C) groups is 1. The van der Waals surface area contributed by atoms with Gasteiger partial charge in [0.2, 0.25) is 0 Å². The van der Waals surface area contributed by atoms with E-state index >= 15 is 0 Å². The predicted molar refractivity (Wildman–Crippen MR) is 104 cm³/mol. The Labute approximate surface area is 154 Å². The van der Waals surface area contributed by atoms with Gasteiger partial charge in [0.05, 0.1) is 25.7 Å². The summed E-state index contributed by atoms with van der Waals surface area (Å²) in [7, 11) is 0. The van der Waals surface area contributed by atoms with Crippen LogP contribution in [0.3, 0.4) is 0 Å². The van der Waals surface area contributed by atoms with Crippen LogP contribution in [0.25, 0.3) is 0 Å². The summed E-state index contributed by atoms with van der Waals surface area (Å²) in [6.07, 6.45) is 5.17. The van der Waals surface area contributed by atoms with Gasteiger partial charge in [0.15, 0.2) is 5.17 Å². The summed E-state index contributed by atoms with van der Waals surface area (Å²) in [4.78, 5) is 21.2. The van der Waals surface area contributed by atoms with Crippen molar-refractivity contribution in [2.45, 2.75) is 45.6 Å². The van der Waals surface area contributed by atoms with Gasteiger partial charge >= 0.3 is 5.97 Å². The van der Waals surface area contributed by atoms with Crippen LogP contribution in [0, 0.1) is 6.92 Å². The summed E-state index contributed by atoms with van der Waals surface area (Å²) in [5.74, 6) is 0.121. The van der Waals surface area contributed by atoms with Gasteiger partial charge < -0.3 is 9.64 Å². The van der Waals surface area contributed by atoms with Crippen molar-refractivity contribution >= 4 is 28.6 Å². The second kappa shape index (κ2) is 8.72. The van der Waals surface area contributed by atoms with Crippen LogP contribution >= 0.6 is 11.8 Å². The van der Waals surface area contributed by atoms with Crippen molar-refractivity contribution in [1.82, 2.24) is 4.90 Å². The second-order valence-electron chi connectivity index (χ2n) is 6.61. The molecule has 1 aromatic carbocycles. The normalized spacial score (nSPS) is 19.1. The Kier molecular flexibility index (Phi) is 6.37. The summed E-state index contributed by atoms with van der Waals surface area (Å²) in [6, 6.07) is 9.14. The van der Waals surface area contributed by atoms with Gasteiger partial charge in [-0.15, -0.1) is 0 Å². The molecule has 0 atom stereocenters. The monoisotopic (exact) mass is 361 g/mol. The van der Waals surface area contributed by atoms with Gasteiger partial charge in [0.25, 0.3) is 0 Å². The summed E-state index contributed by atoms with van der Waals surface area (Å²) in [5.41, 5.74) is 2.37. The first-order chi connectivity index (χ1) is 12.2. The largest absolute Gasteiger partial charge is 0.465 e. The molecule has 6 heteroatoms. The van der Waals surface area contributed by atoms with Crippen molar-refractivity contribution in [2.75, 3.05) is 30.6 Å². The summed E-state index contributed by atoms with van der Waals surface area (Å²) < 4.78 is 5.05. The molecule has 0 spiro atoms. The lowest BCUT2D eigenvalue weighted by Gasteiger charge is -2.38. The summed E-state index contributed by atoms with van der Waals surface area (Å²) >= 11 is 1.47. The molecule has 136 valence electrons. The van der Waals surface area contributed by atoms with Crippen molar-refractivity contribution in [3.8, 4) is 0 Å². The maximum Gasteiger partial charge on any atom is 0.316 e. The number of amidine groups is 1. The first-order valence-corrected chi connectivity index (χ1v) is 10.1. The van der Waals surface area contributed by atoms with E-state index in [1.54, 1.807) is 0 Å². The maximum absolute atomic E-state index is 11.7. The van der Waals surface area contributed by atoms with E-state index in [1.807, 2.05) is 6.92 Å². The number of benzene rings is 1. The van der Waals surface area contributed by atoms with E-state index in [-0.39, 0.29) is 5.97 Å². The smallest absolute Gasteiger partial charge is 0.316 e. The van der Waals surface area contributed by atoms with Crippen molar-refractivity contribution in [3.05, 3.63) is 29.8 Å². The number of anilines is 1. The number of carbonyl (C=O) groups is 1. The highest BCUT2D eigenvalue weighted by Crippen LogP contribution is 2.29. The topological polar surface area (TPSA) is 45.1 Å². The number of hydrogen-bond acceptors (Lipinski definition) is 6. The van der Waals surface area contributed by atoms with E-state index in [1.165, 1.54) is 43.0 Å². The molecule has 0 saturated heterocycles. The average molecular weight is 362 g/mol. The Hall–Kier alpha value is -1.53. The molecule has 1 aliphatic carbocycles. The highest BCUT2D eigenvalue weighted by molar-refractivity contribution is 8.14. The minimum absolute atomic E-state index is 0.183. The van der Waals surface area contributed by atoms with Gasteiger partial charge in [-0.2, -0.15) is 0 Å². The quantitative estimate of drug-likeness (QED) is 0.750. The second-order valence-corrected chi connectivity index (χ2v) is 7.55. The van der Waals surface area contributed by atoms with Crippen molar-refractivity contribution < 1.29 is 9.53 Å². The standard InChI is InChI=1S/C19H27N3O2S/c1-3-24-18(23)12-25-19-20-13-21(16-6-4-5-7-16)14-22(19)17-10-8-15(2)9-11-17/h8-11,16H,3-7,12-14H2,1-2H3. The Morgan fingerprint density at radius 3 is 2.68 bits per heavy atom. The molecule has 25 heavy (non-hydrogen) atoms. The Balaban J connectivity index is 1.74. The van der Waals surface area contributed by atoms with Gasteiger partial charge in [0.1, 0.15) is 0 Å². The summed E-state index contributed by atoms with van der Waals surface area (Å²) in [6.45, 7) is 5.90. The molecule has 1 aliphatic heterocycles. The third-order valence-electron chi connectivity index (χ3n) is 4.75. The van der Waals surface area contributed by atoms with Crippen molar-refractivity contribution in [2.24, 2.45) is 4.99 Å². The van der Waals surface area contributed by atoms with E-state index in [0.717, 1.165) is 24.2 Å². The lowest BCUT2D eigenvalue weighted by Crippen LogP contribution is -2.49. The van der Waals surface area contributed by atoms with Crippen LogP contribution in [0.5, 0.6) is 0 Å². The SMILES string of the molecule is CCOC(=O)CSC1=NCN(C2CCCC2)CN1c1ccc(C)cc1. The number of hydrogen-bond donors (Lipinski definition) is 0. The molecule has 0 bridgehead atoms. The van der Waals surface area contributed by atoms with Gasteiger partial charge in [-0.1, -0.05) is 42.3 Å². The molecular weight excluding hydrogens is 334 g/mol.